The SMILES string of the molecule is CC1CN2CCCCC2CN1S(=O)(=O)c1csc(CCl)c1. The van der Waals surface area contributed by atoms with Gasteiger partial charge < -0.3 is 0 Å². The molecule has 3 heterocycles. The van der Waals surface area contributed by atoms with Gasteiger partial charge in [0.05, 0.1) is 10.8 Å². The molecule has 4 nitrogen and oxygen atoms in total. The van der Waals surface area contributed by atoms with Gasteiger partial charge in [-0.15, -0.1) is 22.9 Å². The smallest absolute Gasteiger partial charge is 0.244 e. The van der Waals surface area contributed by atoms with E-state index >= 15 is 0 Å². The average Bonchev–Trinajstić information content (AvgIpc) is 2.96. The topological polar surface area (TPSA) is 40.6 Å². The van der Waals surface area contributed by atoms with Gasteiger partial charge in [-0.2, -0.15) is 4.31 Å². The molecule has 1 aromatic rings. The standard InChI is InChI=1S/C14H21ClN2O2S2/c1-11-8-16-5-3-2-4-12(16)9-17(11)21(18,19)14-6-13(7-15)20-10-14/h6,10-12H,2-5,7-9H2,1H3. The molecule has 2 atom stereocenters. The van der Waals surface area contributed by atoms with Gasteiger partial charge in [0.15, 0.2) is 0 Å². The molecule has 2 aliphatic heterocycles. The van der Waals surface area contributed by atoms with E-state index in [-0.39, 0.29) is 6.04 Å². The van der Waals surface area contributed by atoms with E-state index in [9.17, 15) is 8.42 Å². The molecule has 2 unspecified atom stereocenters. The minimum absolute atomic E-state index is 0.0312. The predicted octanol–water partition coefficient (Wildman–Crippen LogP) is 2.73. The molecule has 0 bridgehead atoms. The van der Waals surface area contributed by atoms with Gasteiger partial charge in [0.25, 0.3) is 0 Å². The number of halogens is 1. The van der Waals surface area contributed by atoms with Crippen molar-refractivity contribution in [1.29, 1.82) is 0 Å². The zero-order valence-electron chi connectivity index (χ0n) is 12.2. The molecule has 118 valence electrons. The number of alkyl halides is 1. The van der Waals surface area contributed by atoms with E-state index in [1.165, 1.54) is 24.2 Å². The van der Waals surface area contributed by atoms with Gasteiger partial charge in [-0.1, -0.05) is 6.42 Å². The number of hydrogen-bond donors (Lipinski definition) is 0. The van der Waals surface area contributed by atoms with Gasteiger partial charge in [-0.3, -0.25) is 4.90 Å². The van der Waals surface area contributed by atoms with Crippen molar-refractivity contribution in [2.45, 2.75) is 49.0 Å². The van der Waals surface area contributed by atoms with Crippen LogP contribution in [0.1, 0.15) is 31.1 Å². The van der Waals surface area contributed by atoms with Crippen molar-refractivity contribution in [3.8, 4) is 0 Å². The number of fused-ring (bicyclic) bond motifs is 1. The van der Waals surface area contributed by atoms with E-state index in [2.05, 4.69) is 4.90 Å². The number of rotatable bonds is 3. The predicted molar refractivity (Wildman–Crippen MR) is 86.4 cm³/mol. The van der Waals surface area contributed by atoms with Crippen LogP contribution in [0.4, 0.5) is 0 Å². The highest BCUT2D eigenvalue weighted by Crippen LogP contribution is 2.30. The molecule has 3 rings (SSSR count). The lowest BCUT2D eigenvalue weighted by atomic mass is 9.99. The van der Waals surface area contributed by atoms with Crippen molar-refractivity contribution in [3.05, 3.63) is 16.3 Å². The summed E-state index contributed by atoms with van der Waals surface area (Å²) in [6.07, 6.45) is 3.55. The first-order valence-corrected chi connectivity index (χ1v) is 10.3. The molecule has 2 saturated heterocycles. The normalized spacial score (nSPS) is 28.5. The fourth-order valence-electron chi connectivity index (χ4n) is 3.36. The summed E-state index contributed by atoms with van der Waals surface area (Å²) in [6, 6.07) is 2.13. The zero-order chi connectivity index (χ0) is 15.0. The third kappa shape index (κ3) is 3.01. The maximum atomic E-state index is 12.9. The molecule has 2 fully saturated rings. The van der Waals surface area contributed by atoms with Crippen LogP contribution >= 0.6 is 22.9 Å². The first kappa shape index (κ1) is 15.7. The molecule has 0 aromatic carbocycles. The van der Waals surface area contributed by atoms with E-state index < -0.39 is 10.0 Å². The summed E-state index contributed by atoms with van der Waals surface area (Å²) in [7, 11) is -3.39. The van der Waals surface area contributed by atoms with Crippen molar-refractivity contribution < 1.29 is 8.42 Å². The quantitative estimate of drug-likeness (QED) is 0.789. The Morgan fingerprint density at radius 1 is 1.38 bits per heavy atom. The van der Waals surface area contributed by atoms with Gasteiger partial charge in [0, 0.05) is 35.4 Å². The summed E-state index contributed by atoms with van der Waals surface area (Å²) in [4.78, 5) is 3.76. The largest absolute Gasteiger partial charge is 0.297 e. The summed E-state index contributed by atoms with van der Waals surface area (Å²) < 4.78 is 27.4. The highest BCUT2D eigenvalue weighted by Gasteiger charge is 2.39. The van der Waals surface area contributed by atoms with Crippen LogP contribution in [0.2, 0.25) is 0 Å². The number of sulfonamides is 1. The molecule has 0 amide bonds. The Morgan fingerprint density at radius 3 is 2.90 bits per heavy atom. The van der Waals surface area contributed by atoms with Gasteiger partial charge in [-0.05, 0) is 32.4 Å². The third-order valence-corrected chi connectivity index (χ3v) is 7.99. The number of piperazine rings is 1. The highest BCUT2D eigenvalue weighted by molar-refractivity contribution is 7.89. The highest BCUT2D eigenvalue weighted by atomic mass is 35.5. The van der Waals surface area contributed by atoms with Crippen molar-refractivity contribution in [2.24, 2.45) is 0 Å². The van der Waals surface area contributed by atoms with Crippen molar-refractivity contribution in [2.75, 3.05) is 19.6 Å². The van der Waals surface area contributed by atoms with E-state index in [1.807, 2.05) is 6.92 Å². The monoisotopic (exact) mass is 348 g/mol. The number of hydrogen-bond acceptors (Lipinski definition) is 4. The lowest BCUT2D eigenvalue weighted by Crippen LogP contribution is -2.59. The zero-order valence-corrected chi connectivity index (χ0v) is 14.6. The van der Waals surface area contributed by atoms with Crippen LogP contribution in [0.25, 0.3) is 0 Å². The summed E-state index contributed by atoms with van der Waals surface area (Å²) in [6.45, 7) is 4.58. The second kappa shape index (κ2) is 6.16. The maximum absolute atomic E-state index is 12.9. The van der Waals surface area contributed by atoms with Crippen LogP contribution in [-0.2, 0) is 15.9 Å². The average molecular weight is 349 g/mol. The van der Waals surface area contributed by atoms with E-state index in [0.717, 1.165) is 24.4 Å². The van der Waals surface area contributed by atoms with E-state index in [1.54, 1.807) is 15.8 Å². The van der Waals surface area contributed by atoms with Crippen LogP contribution in [-0.4, -0.2) is 49.3 Å². The van der Waals surface area contributed by atoms with Crippen LogP contribution in [0.15, 0.2) is 16.3 Å². The minimum atomic E-state index is -3.39. The first-order chi connectivity index (χ1) is 10.0. The molecule has 21 heavy (non-hydrogen) atoms. The molecule has 1 aromatic heterocycles. The summed E-state index contributed by atoms with van der Waals surface area (Å²) in [5, 5.41) is 1.72. The van der Waals surface area contributed by atoms with E-state index in [0.29, 0.717) is 23.4 Å². The summed E-state index contributed by atoms with van der Waals surface area (Å²) in [5.74, 6) is 0.367. The Hall–Kier alpha value is -0.140. The van der Waals surface area contributed by atoms with Crippen molar-refractivity contribution in [3.63, 3.8) is 0 Å². The number of thiophene rings is 1. The molecule has 0 N–H and O–H groups in total. The van der Waals surface area contributed by atoms with Gasteiger partial charge in [0.2, 0.25) is 10.0 Å². The Kier molecular flexibility index (Phi) is 4.62. The molecule has 0 saturated carbocycles. The molecule has 7 heteroatoms. The molecule has 2 aliphatic rings. The Labute approximate surface area is 135 Å². The first-order valence-electron chi connectivity index (χ1n) is 7.41. The maximum Gasteiger partial charge on any atom is 0.244 e. The van der Waals surface area contributed by atoms with Crippen LogP contribution in [0, 0.1) is 0 Å². The van der Waals surface area contributed by atoms with Crippen LogP contribution in [0.3, 0.4) is 0 Å². The van der Waals surface area contributed by atoms with Crippen molar-refractivity contribution in [1.82, 2.24) is 9.21 Å². The second-order valence-corrected chi connectivity index (χ2v) is 9.10. The van der Waals surface area contributed by atoms with Crippen LogP contribution in [0.5, 0.6) is 0 Å². The lowest BCUT2D eigenvalue weighted by Gasteiger charge is -2.46. The molecular weight excluding hydrogens is 328 g/mol. The summed E-state index contributed by atoms with van der Waals surface area (Å²) in [5.41, 5.74) is 0. The van der Waals surface area contributed by atoms with Gasteiger partial charge in [-0.25, -0.2) is 8.42 Å². The van der Waals surface area contributed by atoms with Crippen molar-refractivity contribution >= 4 is 33.0 Å². The summed E-state index contributed by atoms with van der Waals surface area (Å²) >= 11 is 7.21. The fourth-order valence-corrected chi connectivity index (χ4v) is 6.40. The molecule has 0 spiro atoms. The Bertz CT molecular complexity index is 602. The van der Waals surface area contributed by atoms with Gasteiger partial charge >= 0.3 is 0 Å². The second-order valence-electron chi connectivity index (χ2n) is 5.95. The Morgan fingerprint density at radius 2 is 2.19 bits per heavy atom. The number of nitrogens with zero attached hydrogens (tertiary/aromatic N) is 2. The third-order valence-electron chi connectivity index (χ3n) is 4.50. The fraction of sp³-hybridized carbons (Fsp3) is 0.714. The Balaban J connectivity index is 1.84. The lowest BCUT2D eigenvalue weighted by molar-refractivity contribution is 0.0564. The molecular formula is C14H21ClN2O2S2. The number of piperidine rings is 1. The van der Waals surface area contributed by atoms with Gasteiger partial charge in [0.1, 0.15) is 0 Å². The molecule has 0 radical (unpaired) electrons. The molecule has 0 aliphatic carbocycles. The van der Waals surface area contributed by atoms with Crippen LogP contribution < -0.4 is 0 Å². The van der Waals surface area contributed by atoms with E-state index in [4.69, 9.17) is 11.6 Å². The minimum Gasteiger partial charge on any atom is -0.297 e.